The molecule has 90 valence electrons. The molecule has 0 amide bonds. The average Bonchev–Trinajstić information content (AvgIpc) is 2.73. The summed E-state index contributed by atoms with van der Waals surface area (Å²) in [6, 6.07) is 0. The molecule has 0 saturated heterocycles. The van der Waals surface area contributed by atoms with Gasteiger partial charge in [-0.3, -0.25) is 0 Å². The molecular weight excluding hydrogens is 329 g/mol. The Kier molecular flexibility index (Phi) is 3.07. The molecule has 2 aromatic rings. The van der Waals surface area contributed by atoms with Crippen molar-refractivity contribution in [3.63, 3.8) is 0 Å². The quantitative estimate of drug-likeness (QED) is 0.779. The molecule has 2 heterocycles. The molecule has 0 fully saturated rings. The number of H-pyrrole nitrogens is 1. The second-order valence-electron chi connectivity index (χ2n) is 4.78. The lowest BCUT2D eigenvalue weighted by Crippen LogP contribution is -2.18. The molecular formula is C11H14IN5. The molecule has 0 aliphatic carbocycles. The van der Waals surface area contributed by atoms with Crippen molar-refractivity contribution in [2.45, 2.75) is 26.2 Å². The van der Waals surface area contributed by atoms with Crippen LogP contribution in [0.15, 0.2) is 12.4 Å². The number of nitrogen functional groups attached to an aromatic ring is 1. The molecule has 0 aromatic carbocycles. The Bertz CT molecular complexity index is 528. The Balaban J connectivity index is 2.62. The first-order valence-electron chi connectivity index (χ1n) is 5.23. The van der Waals surface area contributed by atoms with E-state index in [-0.39, 0.29) is 5.41 Å². The molecule has 2 rings (SSSR count). The summed E-state index contributed by atoms with van der Waals surface area (Å²) < 4.78 is 0.908. The summed E-state index contributed by atoms with van der Waals surface area (Å²) in [6.07, 6.45) is 3.41. The second-order valence-corrected chi connectivity index (χ2v) is 5.86. The number of nitrogens with zero attached hydrogens (tertiary/aromatic N) is 3. The van der Waals surface area contributed by atoms with Gasteiger partial charge in [-0.1, -0.05) is 20.8 Å². The van der Waals surface area contributed by atoms with Crippen molar-refractivity contribution in [3.8, 4) is 11.6 Å². The number of imidazole rings is 1. The van der Waals surface area contributed by atoms with Crippen LogP contribution in [-0.4, -0.2) is 19.9 Å². The number of nitrogens with one attached hydrogen (secondary N) is 1. The van der Waals surface area contributed by atoms with Crippen molar-refractivity contribution < 1.29 is 0 Å². The molecule has 0 spiro atoms. The predicted molar refractivity (Wildman–Crippen MR) is 75.4 cm³/mol. The zero-order valence-corrected chi connectivity index (χ0v) is 12.1. The van der Waals surface area contributed by atoms with Crippen LogP contribution in [0.3, 0.4) is 0 Å². The maximum absolute atomic E-state index is 5.92. The number of anilines is 1. The van der Waals surface area contributed by atoms with Crippen molar-refractivity contribution in [3.05, 3.63) is 21.7 Å². The zero-order valence-electron chi connectivity index (χ0n) is 9.95. The maximum Gasteiger partial charge on any atom is 0.197 e. The predicted octanol–water partition coefficient (Wildman–Crippen LogP) is 2.35. The summed E-state index contributed by atoms with van der Waals surface area (Å²) in [4.78, 5) is 15.9. The van der Waals surface area contributed by atoms with Gasteiger partial charge in [-0.2, -0.15) is 0 Å². The lowest BCUT2D eigenvalue weighted by Gasteiger charge is -2.20. The van der Waals surface area contributed by atoms with E-state index in [4.69, 9.17) is 5.73 Å². The zero-order chi connectivity index (χ0) is 12.6. The molecule has 0 unspecified atom stereocenters. The minimum Gasteiger partial charge on any atom is -0.383 e. The third-order valence-electron chi connectivity index (χ3n) is 2.30. The molecule has 3 N–H and O–H groups in total. The normalized spacial score (nSPS) is 11.8. The van der Waals surface area contributed by atoms with E-state index in [0.717, 1.165) is 9.26 Å². The monoisotopic (exact) mass is 343 g/mol. The summed E-state index contributed by atoms with van der Waals surface area (Å²) in [5, 5.41) is 0. The molecule has 0 bridgehead atoms. The van der Waals surface area contributed by atoms with Crippen LogP contribution in [0, 0.1) is 3.57 Å². The fourth-order valence-corrected chi connectivity index (χ4v) is 2.51. The van der Waals surface area contributed by atoms with Crippen LogP contribution in [0.2, 0.25) is 0 Å². The number of rotatable bonds is 1. The van der Waals surface area contributed by atoms with Gasteiger partial charge in [0.25, 0.3) is 0 Å². The molecule has 6 heteroatoms. The van der Waals surface area contributed by atoms with E-state index in [1.165, 1.54) is 0 Å². The maximum atomic E-state index is 5.92. The summed E-state index contributed by atoms with van der Waals surface area (Å²) in [5.74, 6) is 1.67. The average molecular weight is 343 g/mol. The van der Waals surface area contributed by atoms with Gasteiger partial charge in [0.2, 0.25) is 0 Å². The molecule has 0 atom stereocenters. The van der Waals surface area contributed by atoms with Gasteiger partial charge < -0.3 is 10.7 Å². The lowest BCUT2D eigenvalue weighted by molar-refractivity contribution is 0.564. The van der Waals surface area contributed by atoms with Gasteiger partial charge in [0.1, 0.15) is 5.82 Å². The van der Waals surface area contributed by atoms with Crippen LogP contribution in [0.5, 0.6) is 0 Å². The van der Waals surface area contributed by atoms with Crippen molar-refractivity contribution >= 4 is 28.4 Å². The van der Waals surface area contributed by atoms with E-state index < -0.39 is 0 Å². The first-order chi connectivity index (χ1) is 7.89. The smallest absolute Gasteiger partial charge is 0.197 e. The molecule has 5 nitrogen and oxygen atoms in total. The van der Waals surface area contributed by atoms with Gasteiger partial charge >= 0.3 is 0 Å². The van der Waals surface area contributed by atoms with Crippen molar-refractivity contribution in [2.75, 3.05) is 5.73 Å². The topological polar surface area (TPSA) is 80.5 Å². The standard InChI is InChI=1S/C11H14IN5/c1-11(2,3)7-6(12)8(13)17-10(16-7)9-14-4-5-15-9/h4-5H,1-3H3,(H,14,15)(H2,13,16,17). The van der Waals surface area contributed by atoms with Gasteiger partial charge in [0.15, 0.2) is 11.6 Å². The fourth-order valence-electron chi connectivity index (χ4n) is 1.45. The third kappa shape index (κ3) is 2.41. The molecule has 0 aliphatic heterocycles. The van der Waals surface area contributed by atoms with E-state index in [1.807, 2.05) is 0 Å². The van der Waals surface area contributed by atoms with Crippen LogP contribution >= 0.6 is 22.6 Å². The number of nitrogens with two attached hydrogens (primary N) is 1. The number of halogens is 1. The second kappa shape index (κ2) is 4.25. The van der Waals surface area contributed by atoms with E-state index >= 15 is 0 Å². The highest BCUT2D eigenvalue weighted by molar-refractivity contribution is 14.1. The first-order valence-corrected chi connectivity index (χ1v) is 6.30. The van der Waals surface area contributed by atoms with Crippen LogP contribution in [0.4, 0.5) is 5.82 Å². The van der Waals surface area contributed by atoms with E-state index in [1.54, 1.807) is 12.4 Å². The highest BCUT2D eigenvalue weighted by Gasteiger charge is 2.23. The largest absolute Gasteiger partial charge is 0.383 e. The Morgan fingerprint density at radius 3 is 2.53 bits per heavy atom. The van der Waals surface area contributed by atoms with Crippen LogP contribution in [0.1, 0.15) is 26.5 Å². The Labute approximate surface area is 113 Å². The van der Waals surface area contributed by atoms with E-state index in [0.29, 0.717) is 17.5 Å². The molecule has 0 aliphatic rings. The number of hydrogen-bond donors (Lipinski definition) is 2. The minimum absolute atomic E-state index is 0.0745. The summed E-state index contributed by atoms with van der Waals surface area (Å²) in [5.41, 5.74) is 6.79. The third-order valence-corrected chi connectivity index (χ3v) is 3.36. The lowest BCUT2D eigenvalue weighted by atomic mass is 9.92. The highest BCUT2D eigenvalue weighted by Crippen LogP contribution is 2.29. The number of aromatic nitrogens is 4. The Morgan fingerprint density at radius 2 is 2.00 bits per heavy atom. The van der Waals surface area contributed by atoms with Gasteiger partial charge in [-0.05, 0) is 22.6 Å². The van der Waals surface area contributed by atoms with Crippen molar-refractivity contribution in [2.24, 2.45) is 0 Å². The summed E-state index contributed by atoms with van der Waals surface area (Å²) >= 11 is 2.18. The van der Waals surface area contributed by atoms with Gasteiger partial charge in [-0.25, -0.2) is 15.0 Å². The highest BCUT2D eigenvalue weighted by atomic mass is 127. The van der Waals surface area contributed by atoms with Crippen molar-refractivity contribution in [1.29, 1.82) is 0 Å². The Morgan fingerprint density at radius 1 is 1.29 bits per heavy atom. The first kappa shape index (κ1) is 12.3. The number of aromatic amines is 1. The molecule has 0 radical (unpaired) electrons. The molecule has 17 heavy (non-hydrogen) atoms. The Hall–Kier alpha value is -1.18. The van der Waals surface area contributed by atoms with Gasteiger partial charge in [-0.15, -0.1) is 0 Å². The number of hydrogen-bond acceptors (Lipinski definition) is 4. The van der Waals surface area contributed by atoms with Crippen LogP contribution < -0.4 is 5.73 Å². The fraction of sp³-hybridized carbons (Fsp3) is 0.364. The van der Waals surface area contributed by atoms with Crippen LogP contribution in [-0.2, 0) is 5.41 Å². The SMILES string of the molecule is CC(C)(C)c1nc(-c2ncc[nH]2)nc(N)c1I. The van der Waals surface area contributed by atoms with Crippen molar-refractivity contribution in [1.82, 2.24) is 19.9 Å². The van der Waals surface area contributed by atoms with E-state index in [9.17, 15) is 0 Å². The van der Waals surface area contributed by atoms with E-state index in [2.05, 4.69) is 63.3 Å². The van der Waals surface area contributed by atoms with Crippen LogP contribution in [0.25, 0.3) is 11.6 Å². The summed E-state index contributed by atoms with van der Waals surface area (Å²) in [6.45, 7) is 6.30. The molecule has 0 saturated carbocycles. The van der Waals surface area contributed by atoms with Gasteiger partial charge in [0.05, 0.1) is 9.26 Å². The minimum atomic E-state index is -0.0745. The van der Waals surface area contributed by atoms with Gasteiger partial charge in [0, 0.05) is 17.8 Å². The molecule has 2 aromatic heterocycles. The summed E-state index contributed by atoms with van der Waals surface area (Å²) in [7, 11) is 0.